The fourth-order valence-electron chi connectivity index (χ4n) is 4.00. The summed E-state index contributed by atoms with van der Waals surface area (Å²) < 4.78 is 25.3. The molecule has 0 spiro atoms. The average Bonchev–Trinajstić information content (AvgIpc) is 2.93. The number of ketones is 2. The summed E-state index contributed by atoms with van der Waals surface area (Å²) in [6, 6.07) is 30.1. The summed E-state index contributed by atoms with van der Waals surface area (Å²) in [4.78, 5) is 28.1. The monoisotopic (exact) mass is 544 g/mol. The van der Waals surface area contributed by atoms with E-state index in [0.717, 1.165) is 15.4 Å². The normalized spacial score (nSPS) is 12.7. The van der Waals surface area contributed by atoms with E-state index >= 15 is 0 Å². The molecule has 38 heavy (non-hydrogen) atoms. The Labute approximate surface area is 230 Å². The Morgan fingerprint density at radius 2 is 1.18 bits per heavy atom. The molecule has 4 aromatic carbocycles. The Kier molecular flexibility index (Phi) is 9.13. The Morgan fingerprint density at radius 3 is 1.68 bits per heavy atom. The van der Waals surface area contributed by atoms with Gasteiger partial charge in [0, 0.05) is 26.5 Å². The molecule has 196 valence electrons. The molecule has 0 aliphatic rings. The zero-order chi connectivity index (χ0) is 26.6. The minimum absolute atomic E-state index is 0. The molecule has 0 aliphatic carbocycles. The van der Waals surface area contributed by atoms with E-state index in [2.05, 4.69) is 0 Å². The molecule has 0 saturated heterocycles. The molecule has 0 N–H and O–H groups in total. The lowest BCUT2D eigenvalue weighted by Crippen LogP contribution is -2.43. The first kappa shape index (κ1) is 29.1. The van der Waals surface area contributed by atoms with Crippen molar-refractivity contribution in [2.75, 3.05) is 0 Å². The van der Waals surface area contributed by atoms with Crippen LogP contribution >= 0.6 is 11.8 Å². The summed E-state index contributed by atoms with van der Waals surface area (Å²) in [7, 11) is -3.89. The number of hydrogen-bond donors (Lipinski definition) is 0. The van der Waals surface area contributed by atoms with Gasteiger partial charge in [0.15, 0.2) is 21.4 Å². The molecule has 6 heteroatoms. The maximum absolute atomic E-state index is 13.5. The van der Waals surface area contributed by atoms with Crippen LogP contribution < -0.4 is 0 Å². The summed E-state index contributed by atoms with van der Waals surface area (Å²) in [6.07, 6.45) is 0.159. The van der Waals surface area contributed by atoms with Crippen LogP contribution in [0.4, 0.5) is 0 Å². The lowest BCUT2D eigenvalue weighted by Gasteiger charge is -2.27. The Hall–Kier alpha value is -3.48. The van der Waals surface area contributed by atoms with Crippen molar-refractivity contribution in [3.63, 3.8) is 0 Å². The van der Waals surface area contributed by atoms with E-state index in [1.54, 1.807) is 67.6 Å². The molecule has 0 heterocycles. The highest BCUT2D eigenvalue weighted by molar-refractivity contribution is 7.99. The Balaban J connectivity index is 0.00000400. The molecule has 4 nitrogen and oxygen atoms in total. The van der Waals surface area contributed by atoms with Gasteiger partial charge in [0.05, 0.1) is 4.90 Å². The summed E-state index contributed by atoms with van der Waals surface area (Å²) in [6.45, 7) is 5.12. The van der Waals surface area contributed by atoms with E-state index in [1.807, 2.05) is 49.4 Å². The molecular formula is C32H32O4S2. The lowest BCUT2D eigenvalue weighted by molar-refractivity contribution is 0.0942. The van der Waals surface area contributed by atoms with Gasteiger partial charge in [-0.3, -0.25) is 9.59 Å². The van der Waals surface area contributed by atoms with Crippen LogP contribution in [0.25, 0.3) is 0 Å². The highest BCUT2D eigenvalue weighted by Crippen LogP contribution is 2.34. The number of carbonyl (C=O) groups is 2. The highest BCUT2D eigenvalue weighted by Gasteiger charge is 2.45. The average molecular weight is 545 g/mol. The van der Waals surface area contributed by atoms with Gasteiger partial charge in [0.2, 0.25) is 0 Å². The van der Waals surface area contributed by atoms with Crippen molar-refractivity contribution < 1.29 is 18.0 Å². The first-order valence-electron chi connectivity index (χ1n) is 12.0. The molecule has 0 fully saturated rings. The predicted octanol–water partition coefficient (Wildman–Crippen LogP) is 7.84. The van der Waals surface area contributed by atoms with Crippen molar-refractivity contribution in [3.8, 4) is 0 Å². The molecule has 1 unspecified atom stereocenters. The molecule has 0 saturated carbocycles. The molecule has 1 atom stereocenters. The van der Waals surface area contributed by atoms with Crippen molar-refractivity contribution in [1.29, 1.82) is 0 Å². The van der Waals surface area contributed by atoms with Crippen molar-refractivity contribution in [2.24, 2.45) is 0 Å². The molecule has 0 amide bonds. The first-order valence-corrected chi connectivity index (χ1v) is 14.3. The summed E-state index contributed by atoms with van der Waals surface area (Å²) in [5, 5.41) is 0. The Morgan fingerprint density at radius 1 is 0.711 bits per heavy atom. The third-order valence-electron chi connectivity index (χ3n) is 6.58. The number of sulfone groups is 1. The second kappa shape index (κ2) is 11.9. The van der Waals surface area contributed by atoms with Crippen LogP contribution in [0.15, 0.2) is 118 Å². The van der Waals surface area contributed by atoms with Crippen LogP contribution in [0.1, 0.15) is 59.5 Å². The fraction of sp³-hybridized carbons (Fsp3) is 0.188. The van der Waals surface area contributed by atoms with Gasteiger partial charge in [-0.05, 0) is 68.8 Å². The van der Waals surface area contributed by atoms with Crippen LogP contribution in [0, 0.1) is 6.92 Å². The van der Waals surface area contributed by atoms with Gasteiger partial charge in [-0.25, -0.2) is 8.42 Å². The van der Waals surface area contributed by atoms with Crippen molar-refractivity contribution in [3.05, 3.63) is 125 Å². The standard InChI is InChI=1S/C31H28O4S2.CH4/c1-4-31(3,37(34,35)28-20-10-22(2)11-21-28)30(33)25-14-18-27(19-15-25)36-26-16-12-24(13-17-26)29(32)23-8-6-5-7-9-23;/h5-21H,4H2,1-3H3;1H4. The summed E-state index contributed by atoms with van der Waals surface area (Å²) >= 11 is 1.50. The fourth-order valence-corrected chi connectivity index (χ4v) is 6.57. The lowest BCUT2D eigenvalue weighted by atomic mass is 9.96. The predicted molar refractivity (Wildman–Crippen MR) is 155 cm³/mol. The summed E-state index contributed by atoms with van der Waals surface area (Å²) in [5.41, 5.74) is 2.57. The highest BCUT2D eigenvalue weighted by atomic mass is 32.2. The van der Waals surface area contributed by atoms with Crippen LogP contribution in [0.3, 0.4) is 0 Å². The molecule has 0 aromatic heterocycles. The molecule has 4 aromatic rings. The van der Waals surface area contributed by atoms with Crippen LogP contribution in [0.5, 0.6) is 0 Å². The summed E-state index contributed by atoms with van der Waals surface area (Å²) in [5.74, 6) is -0.449. The molecule has 0 aliphatic heterocycles. The maximum Gasteiger partial charge on any atom is 0.193 e. The molecule has 0 radical (unpaired) electrons. The number of benzene rings is 4. The van der Waals surface area contributed by atoms with Crippen LogP contribution in [0.2, 0.25) is 0 Å². The van der Waals surface area contributed by atoms with Gasteiger partial charge in [-0.1, -0.05) is 86.3 Å². The van der Waals surface area contributed by atoms with Crippen LogP contribution in [-0.4, -0.2) is 24.7 Å². The second-order valence-electron chi connectivity index (χ2n) is 9.08. The van der Waals surface area contributed by atoms with E-state index in [9.17, 15) is 18.0 Å². The quantitative estimate of drug-likeness (QED) is 0.201. The van der Waals surface area contributed by atoms with E-state index in [-0.39, 0.29) is 24.5 Å². The SMILES string of the molecule is C.CCC(C)(C(=O)c1ccc(Sc2ccc(C(=O)c3ccccc3)cc2)cc1)S(=O)(=O)c1ccc(C)cc1. The smallest absolute Gasteiger partial charge is 0.193 e. The van der Waals surface area contributed by atoms with Crippen molar-refractivity contribution in [2.45, 2.75) is 54.1 Å². The van der Waals surface area contributed by atoms with Gasteiger partial charge in [-0.15, -0.1) is 0 Å². The van der Waals surface area contributed by atoms with Crippen molar-refractivity contribution in [1.82, 2.24) is 0 Å². The van der Waals surface area contributed by atoms with E-state index in [1.165, 1.54) is 18.7 Å². The van der Waals surface area contributed by atoms with Gasteiger partial charge in [0.25, 0.3) is 0 Å². The van der Waals surface area contributed by atoms with Gasteiger partial charge in [-0.2, -0.15) is 0 Å². The van der Waals surface area contributed by atoms with Gasteiger partial charge >= 0.3 is 0 Å². The van der Waals surface area contributed by atoms with Crippen molar-refractivity contribution >= 4 is 33.2 Å². The topological polar surface area (TPSA) is 68.3 Å². The second-order valence-corrected chi connectivity index (χ2v) is 12.6. The first-order chi connectivity index (χ1) is 17.7. The number of carbonyl (C=O) groups excluding carboxylic acids is 2. The largest absolute Gasteiger partial charge is 0.292 e. The zero-order valence-corrected chi connectivity index (χ0v) is 22.6. The number of Topliss-reactive ketones (excluding diaryl/α,β-unsaturated/α-hetero) is 1. The third kappa shape index (κ3) is 5.82. The minimum atomic E-state index is -3.89. The van der Waals surface area contributed by atoms with Gasteiger partial charge < -0.3 is 0 Å². The van der Waals surface area contributed by atoms with Gasteiger partial charge in [0.1, 0.15) is 4.75 Å². The zero-order valence-electron chi connectivity index (χ0n) is 21.0. The maximum atomic E-state index is 13.5. The number of hydrogen-bond acceptors (Lipinski definition) is 5. The third-order valence-corrected chi connectivity index (χ3v) is 10.2. The van der Waals surface area contributed by atoms with E-state index < -0.39 is 20.4 Å². The van der Waals surface area contributed by atoms with E-state index in [0.29, 0.717) is 16.7 Å². The molecule has 0 bridgehead atoms. The minimum Gasteiger partial charge on any atom is -0.292 e. The van der Waals surface area contributed by atoms with E-state index in [4.69, 9.17) is 0 Å². The Bertz CT molecular complexity index is 1510. The molecule has 4 rings (SSSR count). The number of rotatable bonds is 9. The molecular weight excluding hydrogens is 512 g/mol. The van der Waals surface area contributed by atoms with Crippen LogP contribution in [-0.2, 0) is 9.84 Å². The number of aryl methyl sites for hydroxylation is 1.